The Balaban J connectivity index is 2.18. The second-order valence-electron chi connectivity index (χ2n) is 3.02. The lowest BCUT2D eigenvalue weighted by molar-refractivity contribution is 0.102. The Bertz CT molecular complexity index is 512. The zero-order valence-corrected chi connectivity index (χ0v) is 8.86. The van der Waals surface area contributed by atoms with E-state index in [1.807, 2.05) is 0 Å². The third-order valence-corrected chi connectivity index (χ3v) is 2.38. The molecule has 1 aromatic heterocycles. The summed E-state index contributed by atoms with van der Waals surface area (Å²) in [5.41, 5.74) is 6.56. The molecule has 2 aromatic rings. The number of anilines is 2. The number of carbonyl (C=O) groups is 1. The molecule has 1 heterocycles. The Morgan fingerprint density at radius 3 is 2.94 bits per heavy atom. The summed E-state index contributed by atoms with van der Waals surface area (Å²) in [7, 11) is 0. The van der Waals surface area contributed by atoms with Crippen molar-refractivity contribution in [2.45, 2.75) is 0 Å². The number of carbonyl (C=O) groups excluding carboxylic acids is 1. The molecule has 7 heteroatoms. The zero-order chi connectivity index (χ0) is 11.5. The van der Waals surface area contributed by atoms with E-state index in [1.54, 1.807) is 0 Å². The molecule has 6 nitrogen and oxygen atoms in total. The molecule has 0 aliphatic rings. The number of nitrogens with zero attached hydrogens (tertiary/aromatic N) is 2. The van der Waals surface area contributed by atoms with Crippen molar-refractivity contribution < 1.29 is 9.90 Å². The molecule has 0 radical (unpaired) electrons. The van der Waals surface area contributed by atoms with Crippen molar-refractivity contribution in [1.29, 1.82) is 0 Å². The Labute approximate surface area is 94.9 Å². The van der Waals surface area contributed by atoms with E-state index in [4.69, 9.17) is 10.8 Å². The molecule has 0 aliphatic carbocycles. The SMILES string of the molecule is Nc1cc(O)ccc1NC(=O)c1csnn1. The number of nitrogens with one attached hydrogen (secondary N) is 1. The molecule has 4 N–H and O–H groups in total. The quantitative estimate of drug-likeness (QED) is 0.535. The van der Waals surface area contributed by atoms with Gasteiger partial charge in [-0.3, -0.25) is 4.79 Å². The normalized spacial score (nSPS) is 10.0. The van der Waals surface area contributed by atoms with Crippen LogP contribution in [0.5, 0.6) is 5.75 Å². The predicted octanol–water partition coefficient (Wildman–Crippen LogP) is 1.08. The number of phenolic OH excluding ortho intramolecular Hbond substituents is 1. The second-order valence-corrected chi connectivity index (χ2v) is 3.63. The van der Waals surface area contributed by atoms with E-state index in [9.17, 15) is 4.79 Å². The van der Waals surface area contributed by atoms with E-state index in [0.717, 1.165) is 11.5 Å². The molecule has 0 spiro atoms. The molecule has 2 rings (SSSR count). The van der Waals surface area contributed by atoms with Crippen LogP contribution in [-0.2, 0) is 0 Å². The van der Waals surface area contributed by atoms with Crippen LogP contribution in [0.3, 0.4) is 0 Å². The van der Waals surface area contributed by atoms with Crippen molar-refractivity contribution in [3.63, 3.8) is 0 Å². The van der Waals surface area contributed by atoms with E-state index < -0.39 is 0 Å². The summed E-state index contributed by atoms with van der Waals surface area (Å²) in [5, 5.41) is 16.9. The molecule has 1 amide bonds. The summed E-state index contributed by atoms with van der Waals surface area (Å²) in [4.78, 5) is 11.6. The Kier molecular flexibility index (Phi) is 2.69. The van der Waals surface area contributed by atoms with Gasteiger partial charge in [0.2, 0.25) is 0 Å². The number of benzene rings is 1. The van der Waals surface area contributed by atoms with Crippen molar-refractivity contribution in [3.05, 3.63) is 29.3 Å². The molecule has 82 valence electrons. The largest absolute Gasteiger partial charge is 0.508 e. The first-order valence-electron chi connectivity index (χ1n) is 4.33. The van der Waals surface area contributed by atoms with Crippen LogP contribution in [0.15, 0.2) is 23.6 Å². The number of hydrogen-bond donors (Lipinski definition) is 3. The molecule has 0 atom stereocenters. The van der Waals surface area contributed by atoms with Crippen LogP contribution in [0.2, 0.25) is 0 Å². The molecule has 0 fully saturated rings. The van der Waals surface area contributed by atoms with Crippen molar-refractivity contribution >= 4 is 28.8 Å². The van der Waals surface area contributed by atoms with Crippen molar-refractivity contribution in [2.24, 2.45) is 0 Å². The number of hydrogen-bond acceptors (Lipinski definition) is 6. The number of aromatic nitrogens is 2. The molecular weight excluding hydrogens is 228 g/mol. The third kappa shape index (κ3) is 2.09. The van der Waals surface area contributed by atoms with Gasteiger partial charge < -0.3 is 16.2 Å². The highest BCUT2D eigenvalue weighted by molar-refractivity contribution is 7.03. The van der Waals surface area contributed by atoms with Gasteiger partial charge in [-0.25, -0.2) is 0 Å². The average Bonchev–Trinajstić information content (AvgIpc) is 2.75. The summed E-state index contributed by atoms with van der Waals surface area (Å²) in [6, 6.07) is 4.31. The number of amides is 1. The molecule has 16 heavy (non-hydrogen) atoms. The van der Waals surface area contributed by atoms with Crippen LogP contribution in [-0.4, -0.2) is 20.6 Å². The van der Waals surface area contributed by atoms with Gasteiger partial charge in [0.15, 0.2) is 5.69 Å². The fourth-order valence-corrected chi connectivity index (χ4v) is 1.55. The highest BCUT2D eigenvalue weighted by Crippen LogP contribution is 2.23. The topological polar surface area (TPSA) is 101 Å². The zero-order valence-electron chi connectivity index (χ0n) is 8.04. The molecular formula is C9H8N4O2S. The van der Waals surface area contributed by atoms with Gasteiger partial charge in [0.05, 0.1) is 11.4 Å². The van der Waals surface area contributed by atoms with Gasteiger partial charge in [-0.05, 0) is 23.7 Å². The average molecular weight is 236 g/mol. The maximum absolute atomic E-state index is 11.6. The molecule has 1 aromatic carbocycles. The van der Waals surface area contributed by atoms with Crippen molar-refractivity contribution in [1.82, 2.24) is 9.59 Å². The van der Waals surface area contributed by atoms with Gasteiger partial charge in [-0.15, -0.1) is 5.10 Å². The van der Waals surface area contributed by atoms with Gasteiger partial charge in [-0.1, -0.05) is 4.49 Å². The van der Waals surface area contributed by atoms with Gasteiger partial charge in [-0.2, -0.15) is 0 Å². The first-order chi connectivity index (χ1) is 7.66. The molecule has 0 bridgehead atoms. The molecule has 0 saturated carbocycles. The fourth-order valence-electron chi connectivity index (χ4n) is 1.11. The summed E-state index contributed by atoms with van der Waals surface area (Å²) in [6.45, 7) is 0. The minimum Gasteiger partial charge on any atom is -0.508 e. The van der Waals surface area contributed by atoms with Crippen LogP contribution >= 0.6 is 11.5 Å². The van der Waals surface area contributed by atoms with E-state index in [1.165, 1.54) is 23.6 Å². The van der Waals surface area contributed by atoms with E-state index in [-0.39, 0.29) is 23.0 Å². The van der Waals surface area contributed by atoms with Crippen LogP contribution in [0, 0.1) is 0 Å². The van der Waals surface area contributed by atoms with E-state index in [2.05, 4.69) is 14.9 Å². The van der Waals surface area contributed by atoms with Crippen LogP contribution in [0.1, 0.15) is 10.5 Å². The highest BCUT2D eigenvalue weighted by atomic mass is 32.1. The molecule has 0 saturated heterocycles. The van der Waals surface area contributed by atoms with Crippen LogP contribution < -0.4 is 11.1 Å². The van der Waals surface area contributed by atoms with E-state index in [0.29, 0.717) is 5.69 Å². The number of phenols is 1. The van der Waals surface area contributed by atoms with Gasteiger partial charge in [0, 0.05) is 11.4 Å². The lowest BCUT2D eigenvalue weighted by Gasteiger charge is -2.06. The van der Waals surface area contributed by atoms with E-state index >= 15 is 0 Å². The number of nitrogens with two attached hydrogens (primary N) is 1. The summed E-state index contributed by atoms with van der Waals surface area (Å²) in [5.74, 6) is -0.336. The summed E-state index contributed by atoms with van der Waals surface area (Å²) < 4.78 is 3.58. The number of rotatable bonds is 2. The maximum atomic E-state index is 11.6. The van der Waals surface area contributed by atoms with Gasteiger partial charge in [0.1, 0.15) is 5.75 Å². The molecule has 0 aliphatic heterocycles. The maximum Gasteiger partial charge on any atom is 0.277 e. The number of nitrogen functional groups attached to an aromatic ring is 1. The van der Waals surface area contributed by atoms with Crippen molar-refractivity contribution in [3.8, 4) is 5.75 Å². The first kappa shape index (κ1) is 10.4. The minimum absolute atomic E-state index is 0.0471. The Morgan fingerprint density at radius 2 is 2.31 bits per heavy atom. The Hall–Kier alpha value is -2.15. The second kappa shape index (κ2) is 4.15. The Morgan fingerprint density at radius 1 is 1.50 bits per heavy atom. The number of aromatic hydroxyl groups is 1. The van der Waals surface area contributed by atoms with Crippen LogP contribution in [0.4, 0.5) is 11.4 Å². The smallest absolute Gasteiger partial charge is 0.277 e. The standard InChI is InChI=1S/C9H8N4O2S/c10-6-3-5(14)1-2-7(6)11-9(15)8-4-16-13-12-8/h1-4,14H,10H2,(H,11,15). The van der Waals surface area contributed by atoms with Crippen molar-refractivity contribution in [2.75, 3.05) is 11.1 Å². The monoisotopic (exact) mass is 236 g/mol. The lowest BCUT2D eigenvalue weighted by atomic mass is 10.2. The van der Waals surface area contributed by atoms with Gasteiger partial charge in [0.25, 0.3) is 5.91 Å². The van der Waals surface area contributed by atoms with Crippen LogP contribution in [0.25, 0.3) is 0 Å². The minimum atomic E-state index is -0.383. The summed E-state index contributed by atoms with van der Waals surface area (Å²) >= 11 is 1.09. The van der Waals surface area contributed by atoms with Gasteiger partial charge >= 0.3 is 0 Å². The highest BCUT2D eigenvalue weighted by Gasteiger charge is 2.10. The molecule has 0 unspecified atom stereocenters. The summed E-state index contributed by atoms with van der Waals surface area (Å²) in [6.07, 6.45) is 0. The fraction of sp³-hybridized carbons (Fsp3) is 0. The first-order valence-corrected chi connectivity index (χ1v) is 5.17. The predicted molar refractivity (Wildman–Crippen MR) is 60.4 cm³/mol. The third-order valence-electron chi connectivity index (χ3n) is 1.88. The lowest BCUT2D eigenvalue weighted by Crippen LogP contribution is -2.13.